The second-order valence-electron chi connectivity index (χ2n) is 5.68. The first-order chi connectivity index (χ1) is 10.7. The quantitative estimate of drug-likeness (QED) is 0.799. The summed E-state index contributed by atoms with van der Waals surface area (Å²) in [5.41, 5.74) is 1.38. The summed E-state index contributed by atoms with van der Waals surface area (Å²) in [4.78, 5) is 15.0. The van der Waals surface area contributed by atoms with Crippen molar-refractivity contribution in [3.63, 3.8) is 0 Å². The third-order valence-corrected chi connectivity index (χ3v) is 5.58. The average Bonchev–Trinajstić information content (AvgIpc) is 3.20. The minimum atomic E-state index is -0.304. The molecule has 1 aromatic carbocycles. The van der Waals surface area contributed by atoms with E-state index in [0.29, 0.717) is 23.3 Å². The van der Waals surface area contributed by atoms with Crippen molar-refractivity contribution in [1.82, 2.24) is 4.57 Å². The molecule has 2 atom stereocenters. The number of fused-ring (bicyclic) bond motifs is 1. The SMILES string of the molecule is O=c1oc2cc(Cl)ccc2n1C[NH+]1CCC[C@H]1c1cccs1. The van der Waals surface area contributed by atoms with Crippen molar-refractivity contribution in [2.75, 3.05) is 6.54 Å². The van der Waals surface area contributed by atoms with Crippen molar-refractivity contribution in [2.24, 2.45) is 0 Å². The van der Waals surface area contributed by atoms with Crippen molar-refractivity contribution in [3.8, 4) is 0 Å². The Bertz CT molecular complexity index is 853. The Kier molecular flexibility index (Phi) is 3.56. The molecule has 0 spiro atoms. The first-order valence-electron chi connectivity index (χ1n) is 7.39. The number of hydrogen-bond donors (Lipinski definition) is 1. The molecule has 0 aliphatic carbocycles. The van der Waals surface area contributed by atoms with Crippen LogP contribution in [0.1, 0.15) is 23.8 Å². The van der Waals surface area contributed by atoms with Crippen LogP contribution in [0.4, 0.5) is 0 Å². The van der Waals surface area contributed by atoms with E-state index in [4.69, 9.17) is 16.0 Å². The summed E-state index contributed by atoms with van der Waals surface area (Å²) in [5.74, 6) is -0.304. The van der Waals surface area contributed by atoms with Crippen molar-refractivity contribution in [2.45, 2.75) is 25.6 Å². The zero-order valence-electron chi connectivity index (χ0n) is 11.9. The summed E-state index contributed by atoms with van der Waals surface area (Å²) in [6.45, 7) is 1.71. The van der Waals surface area contributed by atoms with Crippen molar-refractivity contribution in [3.05, 3.63) is 56.2 Å². The minimum absolute atomic E-state index is 0.304. The van der Waals surface area contributed by atoms with E-state index in [1.807, 2.05) is 6.07 Å². The molecule has 1 aliphatic rings. The van der Waals surface area contributed by atoms with Crippen LogP contribution in [0.2, 0.25) is 5.02 Å². The van der Waals surface area contributed by atoms with Crippen LogP contribution in [-0.4, -0.2) is 11.1 Å². The standard InChI is InChI=1S/C16H15ClN2O2S/c17-11-5-6-12-14(9-11)21-16(20)19(12)10-18-7-1-3-13(18)15-4-2-8-22-15/h2,4-6,8-9,13H,1,3,7,10H2/p+1/t13-/m0/s1. The molecule has 1 fully saturated rings. The van der Waals surface area contributed by atoms with Gasteiger partial charge in [-0.1, -0.05) is 17.7 Å². The number of nitrogens with one attached hydrogen (secondary N) is 1. The van der Waals surface area contributed by atoms with Crippen LogP contribution in [0.3, 0.4) is 0 Å². The van der Waals surface area contributed by atoms with Gasteiger partial charge in [-0.25, -0.2) is 9.36 Å². The van der Waals surface area contributed by atoms with E-state index < -0.39 is 0 Å². The molecule has 4 rings (SSSR count). The zero-order valence-corrected chi connectivity index (χ0v) is 13.5. The fourth-order valence-electron chi connectivity index (χ4n) is 3.33. The Labute approximate surface area is 136 Å². The normalized spacial score (nSPS) is 21.7. The zero-order chi connectivity index (χ0) is 15.1. The average molecular weight is 336 g/mol. The number of benzene rings is 1. The summed E-state index contributed by atoms with van der Waals surface area (Å²) in [6, 6.07) is 10.1. The van der Waals surface area contributed by atoms with E-state index in [2.05, 4.69) is 17.5 Å². The third-order valence-electron chi connectivity index (χ3n) is 4.36. The van der Waals surface area contributed by atoms with Crippen LogP contribution in [0.5, 0.6) is 0 Å². The fourth-order valence-corrected chi connectivity index (χ4v) is 4.41. The number of rotatable bonds is 3. The summed E-state index contributed by atoms with van der Waals surface area (Å²) < 4.78 is 7.06. The highest BCUT2D eigenvalue weighted by Crippen LogP contribution is 2.24. The maximum absolute atomic E-state index is 12.2. The van der Waals surface area contributed by atoms with E-state index in [1.54, 1.807) is 28.0 Å². The number of hydrogen-bond acceptors (Lipinski definition) is 3. The van der Waals surface area contributed by atoms with Gasteiger partial charge in [0.2, 0.25) is 0 Å². The molecule has 3 heterocycles. The number of oxazole rings is 1. The van der Waals surface area contributed by atoms with Gasteiger partial charge in [-0.3, -0.25) is 0 Å². The minimum Gasteiger partial charge on any atom is -0.408 e. The highest BCUT2D eigenvalue weighted by molar-refractivity contribution is 7.10. The molecular formula is C16H16ClN2O2S+. The van der Waals surface area contributed by atoms with E-state index in [-0.39, 0.29) is 5.76 Å². The van der Waals surface area contributed by atoms with Crippen LogP contribution in [-0.2, 0) is 6.67 Å². The molecule has 3 aromatic rings. The molecule has 1 aliphatic heterocycles. The van der Waals surface area contributed by atoms with E-state index >= 15 is 0 Å². The first kappa shape index (κ1) is 14.1. The second kappa shape index (κ2) is 5.57. The molecule has 0 radical (unpaired) electrons. The Morgan fingerprint density at radius 1 is 1.41 bits per heavy atom. The molecular weight excluding hydrogens is 320 g/mol. The van der Waals surface area contributed by atoms with E-state index in [9.17, 15) is 4.79 Å². The smallest absolute Gasteiger partial charge is 0.408 e. The van der Waals surface area contributed by atoms with Crippen LogP contribution in [0.25, 0.3) is 11.1 Å². The van der Waals surface area contributed by atoms with Gasteiger partial charge in [0.25, 0.3) is 0 Å². The summed E-state index contributed by atoms with van der Waals surface area (Å²) in [7, 11) is 0. The van der Waals surface area contributed by atoms with E-state index in [0.717, 1.165) is 12.1 Å². The van der Waals surface area contributed by atoms with E-state index in [1.165, 1.54) is 22.6 Å². The van der Waals surface area contributed by atoms with Crippen LogP contribution in [0, 0.1) is 0 Å². The van der Waals surface area contributed by atoms with Gasteiger partial charge in [-0.15, -0.1) is 11.3 Å². The number of halogens is 1. The predicted octanol–water partition coefficient (Wildman–Crippen LogP) is 2.69. The highest BCUT2D eigenvalue weighted by Gasteiger charge is 2.31. The van der Waals surface area contributed by atoms with Crippen molar-refractivity contribution < 1.29 is 9.32 Å². The molecule has 1 saturated heterocycles. The highest BCUT2D eigenvalue weighted by atomic mass is 35.5. The fraction of sp³-hybridized carbons (Fsp3) is 0.312. The lowest BCUT2D eigenvalue weighted by Crippen LogP contribution is -3.09. The molecule has 0 amide bonds. The van der Waals surface area contributed by atoms with Gasteiger partial charge in [0.05, 0.1) is 16.9 Å². The summed E-state index contributed by atoms with van der Waals surface area (Å²) in [6.07, 6.45) is 2.36. The number of quaternary nitrogens is 1. The Morgan fingerprint density at radius 3 is 3.14 bits per heavy atom. The second-order valence-corrected chi connectivity index (χ2v) is 7.10. The maximum atomic E-state index is 12.2. The van der Waals surface area contributed by atoms with Crippen LogP contribution in [0.15, 0.2) is 44.9 Å². The number of thiophene rings is 1. The third kappa shape index (κ3) is 2.39. The lowest BCUT2D eigenvalue weighted by molar-refractivity contribution is -0.940. The number of aromatic nitrogens is 1. The number of likely N-dealkylation sites (tertiary alicyclic amines) is 1. The van der Waals surface area contributed by atoms with Gasteiger partial charge in [0.15, 0.2) is 12.3 Å². The lowest BCUT2D eigenvalue weighted by atomic mass is 10.2. The Morgan fingerprint density at radius 2 is 2.32 bits per heavy atom. The van der Waals surface area contributed by atoms with Crippen molar-refractivity contribution >= 4 is 34.0 Å². The molecule has 1 unspecified atom stereocenters. The summed E-state index contributed by atoms with van der Waals surface area (Å²) in [5, 5.41) is 2.70. The molecule has 0 saturated carbocycles. The number of nitrogens with zero attached hydrogens (tertiary/aromatic N) is 1. The molecule has 22 heavy (non-hydrogen) atoms. The lowest BCUT2D eigenvalue weighted by Gasteiger charge is -2.20. The van der Waals surface area contributed by atoms with Crippen LogP contribution >= 0.6 is 22.9 Å². The van der Waals surface area contributed by atoms with Crippen LogP contribution < -0.4 is 10.7 Å². The van der Waals surface area contributed by atoms with Gasteiger partial charge >= 0.3 is 5.76 Å². The molecule has 0 bridgehead atoms. The molecule has 114 valence electrons. The molecule has 6 heteroatoms. The maximum Gasteiger partial charge on any atom is 0.424 e. The Balaban J connectivity index is 1.68. The monoisotopic (exact) mass is 335 g/mol. The van der Waals surface area contributed by atoms with Crippen molar-refractivity contribution in [1.29, 1.82) is 0 Å². The Hall–Kier alpha value is -1.56. The largest absolute Gasteiger partial charge is 0.424 e. The summed E-state index contributed by atoms with van der Waals surface area (Å²) >= 11 is 7.76. The van der Waals surface area contributed by atoms with Gasteiger partial charge in [-0.2, -0.15) is 0 Å². The van der Waals surface area contributed by atoms with Gasteiger partial charge in [0, 0.05) is 23.9 Å². The van der Waals surface area contributed by atoms with Gasteiger partial charge in [-0.05, 0) is 23.6 Å². The van der Waals surface area contributed by atoms with Gasteiger partial charge < -0.3 is 9.32 Å². The molecule has 1 N–H and O–H groups in total. The molecule has 2 aromatic heterocycles. The first-order valence-corrected chi connectivity index (χ1v) is 8.65. The van der Waals surface area contributed by atoms with Gasteiger partial charge in [0.1, 0.15) is 6.04 Å². The molecule has 4 nitrogen and oxygen atoms in total. The predicted molar refractivity (Wildman–Crippen MR) is 87.6 cm³/mol. The topological polar surface area (TPSA) is 39.6 Å².